The number of hydrogen-bond acceptors (Lipinski definition) is 0. The number of rotatable bonds is 7. The quantitative estimate of drug-likeness (QED) is 0.152. The molecule has 10 aromatic carbocycles. The maximum atomic E-state index is 2.46. The minimum Gasteiger partial charge on any atom is -0.309 e. The van der Waals surface area contributed by atoms with Crippen LogP contribution in [0.15, 0.2) is 243 Å². The Morgan fingerprint density at radius 3 is 1.15 bits per heavy atom. The molecule has 0 radical (unpaired) electrons. The van der Waals surface area contributed by atoms with Crippen LogP contribution in [0.4, 0.5) is 0 Å². The van der Waals surface area contributed by atoms with Crippen molar-refractivity contribution in [2.45, 2.75) is 0 Å². The first-order valence-electron chi connectivity index (χ1n) is 21.3. The van der Waals surface area contributed by atoms with Gasteiger partial charge in [-0.3, -0.25) is 0 Å². The topological polar surface area (TPSA) is 9.86 Å². The van der Waals surface area contributed by atoms with Gasteiger partial charge in [0.15, 0.2) is 0 Å². The van der Waals surface area contributed by atoms with E-state index in [0.29, 0.717) is 0 Å². The summed E-state index contributed by atoms with van der Waals surface area (Å²) in [5.41, 5.74) is 19.1. The van der Waals surface area contributed by atoms with E-state index in [1.807, 2.05) is 0 Å². The summed E-state index contributed by atoms with van der Waals surface area (Å²) in [5.74, 6) is 0. The van der Waals surface area contributed by atoms with Crippen molar-refractivity contribution < 1.29 is 0 Å². The van der Waals surface area contributed by atoms with Crippen LogP contribution in [0.5, 0.6) is 0 Å². The molecule has 0 bridgehead atoms. The number of nitrogens with zero attached hydrogens (tertiary/aromatic N) is 2. The number of para-hydroxylation sites is 3. The lowest BCUT2D eigenvalue weighted by Crippen LogP contribution is -1.98. The van der Waals surface area contributed by atoms with Gasteiger partial charge in [-0.05, 0) is 93.0 Å². The Labute approximate surface area is 360 Å². The van der Waals surface area contributed by atoms with Crippen molar-refractivity contribution in [3.8, 4) is 67.0 Å². The van der Waals surface area contributed by atoms with Gasteiger partial charge in [0.25, 0.3) is 0 Å². The fourth-order valence-corrected chi connectivity index (χ4v) is 9.60. The van der Waals surface area contributed by atoms with E-state index in [1.54, 1.807) is 0 Å². The van der Waals surface area contributed by atoms with Crippen LogP contribution in [-0.2, 0) is 0 Å². The lowest BCUT2D eigenvalue weighted by molar-refractivity contribution is 1.18. The minimum absolute atomic E-state index is 1.16. The molecule has 62 heavy (non-hydrogen) atoms. The van der Waals surface area contributed by atoms with Gasteiger partial charge in [0.1, 0.15) is 0 Å². The van der Waals surface area contributed by atoms with E-state index in [2.05, 4.69) is 252 Å². The summed E-state index contributed by atoms with van der Waals surface area (Å²) < 4.78 is 4.91. The second-order valence-electron chi connectivity index (χ2n) is 16.1. The van der Waals surface area contributed by atoms with Gasteiger partial charge < -0.3 is 9.13 Å². The summed E-state index contributed by atoms with van der Waals surface area (Å²) in [5, 5.41) is 4.94. The maximum Gasteiger partial charge on any atom is 0.0546 e. The molecule has 2 aromatic heterocycles. The third-order valence-electron chi connectivity index (χ3n) is 12.6. The third kappa shape index (κ3) is 5.96. The van der Waals surface area contributed by atoms with Crippen molar-refractivity contribution >= 4 is 43.6 Å². The highest BCUT2D eigenvalue weighted by Crippen LogP contribution is 2.42. The Morgan fingerprint density at radius 2 is 0.548 bits per heavy atom. The Balaban J connectivity index is 1.00. The average molecular weight is 789 g/mol. The zero-order valence-electron chi connectivity index (χ0n) is 34.0. The zero-order valence-corrected chi connectivity index (χ0v) is 34.0. The molecule has 0 aliphatic heterocycles. The Morgan fingerprint density at radius 1 is 0.194 bits per heavy atom. The molecule has 0 N–H and O–H groups in total. The average Bonchev–Trinajstić information content (AvgIpc) is 3.87. The fourth-order valence-electron chi connectivity index (χ4n) is 9.60. The smallest absolute Gasteiger partial charge is 0.0546 e. The Bertz CT molecular complexity index is 3600. The molecule has 290 valence electrons. The molecule has 0 aliphatic rings. The van der Waals surface area contributed by atoms with Crippen molar-refractivity contribution in [1.29, 1.82) is 0 Å². The van der Waals surface area contributed by atoms with Crippen LogP contribution in [0.25, 0.3) is 111 Å². The van der Waals surface area contributed by atoms with Crippen molar-refractivity contribution in [2.75, 3.05) is 0 Å². The summed E-state index contributed by atoms with van der Waals surface area (Å²) in [7, 11) is 0. The standard InChI is InChI=1S/C60H40N2/c1-4-16-41(17-5-1)43-28-30-45(31-29-43)49-22-10-13-25-55(49)61-56-26-14-11-23-51(56)53-38-46(33-36-58(53)61)47-34-37-59-54(39-47)52-24-12-15-27-57(52)62(59)60-40-48(42-18-6-2-7-19-42)32-35-50(60)44-20-8-3-9-21-44/h1-40H. The van der Waals surface area contributed by atoms with Gasteiger partial charge in [0.2, 0.25) is 0 Å². The predicted molar refractivity (Wildman–Crippen MR) is 262 cm³/mol. The predicted octanol–water partition coefficient (Wildman–Crippen LogP) is 16.2. The van der Waals surface area contributed by atoms with Crippen LogP contribution in [0.2, 0.25) is 0 Å². The summed E-state index contributed by atoms with van der Waals surface area (Å²) in [6, 6.07) is 88.4. The number of benzene rings is 10. The molecule has 0 saturated carbocycles. The zero-order chi connectivity index (χ0) is 41.0. The normalized spacial score (nSPS) is 11.5. The highest BCUT2D eigenvalue weighted by Gasteiger charge is 2.20. The minimum atomic E-state index is 1.16. The van der Waals surface area contributed by atoms with Crippen LogP contribution in [0, 0.1) is 0 Å². The first kappa shape index (κ1) is 35.7. The fraction of sp³-hybridized carbons (Fsp3) is 0. The molecule has 0 spiro atoms. The van der Waals surface area contributed by atoms with Crippen LogP contribution in [-0.4, -0.2) is 9.13 Å². The van der Waals surface area contributed by atoms with Gasteiger partial charge in [0.05, 0.1) is 33.4 Å². The number of aromatic nitrogens is 2. The molecule has 0 amide bonds. The summed E-state index contributed by atoms with van der Waals surface area (Å²) in [6.07, 6.45) is 0. The van der Waals surface area contributed by atoms with Crippen molar-refractivity contribution in [3.63, 3.8) is 0 Å². The number of hydrogen-bond donors (Lipinski definition) is 0. The molecule has 0 atom stereocenters. The van der Waals surface area contributed by atoms with E-state index in [0.717, 1.165) is 5.69 Å². The Hall–Kier alpha value is -8.20. The lowest BCUT2D eigenvalue weighted by atomic mass is 9.97. The van der Waals surface area contributed by atoms with Gasteiger partial charge in [-0.25, -0.2) is 0 Å². The van der Waals surface area contributed by atoms with Gasteiger partial charge in [0, 0.05) is 32.7 Å². The summed E-state index contributed by atoms with van der Waals surface area (Å²) in [4.78, 5) is 0. The lowest BCUT2D eigenvalue weighted by Gasteiger charge is -2.16. The van der Waals surface area contributed by atoms with E-state index >= 15 is 0 Å². The first-order valence-corrected chi connectivity index (χ1v) is 21.3. The van der Waals surface area contributed by atoms with Crippen LogP contribution < -0.4 is 0 Å². The summed E-state index contributed by atoms with van der Waals surface area (Å²) >= 11 is 0. The van der Waals surface area contributed by atoms with E-state index in [1.165, 1.54) is 105 Å². The van der Waals surface area contributed by atoms with Crippen molar-refractivity contribution in [1.82, 2.24) is 9.13 Å². The van der Waals surface area contributed by atoms with Gasteiger partial charge >= 0.3 is 0 Å². The number of fused-ring (bicyclic) bond motifs is 6. The van der Waals surface area contributed by atoms with Crippen LogP contribution in [0.1, 0.15) is 0 Å². The molecule has 0 unspecified atom stereocenters. The van der Waals surface area contributed by atoms with Gasteiger partial charge in [-0.15, -0.1) is 0 Å². The van der Waals surface area contributed by atoms with Crippen molar-refractivity contribution in [3.05, 3.63) is 243 Å². The van der Waals surface area contributed by atoms with E-state index < -0.39 is 0 Å². The molecular formula is C60H40N2. The monoisotopic (exact) mass is 788 g/mol. The second-order valence-corrected chi connectivity index (χ2v) is 16.1. The molecule has 12 aromatic rings. The largest absolute Gasteiger partial charge is 0.309 e. The molecule has 0 saturated heterocycles. The molecule has 2 heterocycles. The van der Waals surface area contributed by atoms with Crippen molar-refractivity contribution in [2.24, 2.45) is 0 Å². The third-order valence-corrected chi connectivity index (χ3v) is 12.6. The highest BCUT2D eigenvalue weighted by molar-refractivity contribution is 6.13. The molecule has 2 nitrogen and oxygen atoms in total. The second kappa shape index (κ2) is 14.8. The molecule has 12 rings (SSSR count). The molecule has 2 heteroatoms. The Kier molecular flexibility index (Phi) is 8.53. The maximum absolute atomic E-state index is 2.46. The van der Waals surface area contributed by atoms with E-state index in [4.69, 9.17) is 0 Å². The summed E-state index contributed by atoms with van der Waals surface area (Å²) in [6.45, 7) is 0. The molecular weight excluding hydrogens is 749 g/mol. The van der Waals surface area contributed by atoms with Crippen LogP contribution >= 0.6 is 0 Å². The van der Waals surface area contributed by atoms with Gasteiger partial charge in [-0.2, -0.15) is 0 Å². The highest BCUT2D eigenvalue weighted by atomic mass is 15.0. The van der Waals surface area contributed by atoms with E-state index in [-0.39, 0.29) is 0 Å². The first-order chi connectivity index (χ1) is 30.8. The molecule has 0 aliphatic carbocycles. The van der Waals surface area contributed by atoms with Crippen LogP contribution in [0.3, 0.4) is 0 Å². The van der Waals surface area contributed by atoms with E-state index in [9.17, 15) is 0 Å². The molecule has 0 fully saturated rings. The SMILES string of the molecule is c1ccc(-c2ccc(-c3ccccc3-n3c4ccccc4c4cc(-c5ccc6c(c5)c5ccccc5n6-c5cc(-c6ccccc6)ccc5-c5ccccc5)ccc43)cc2)cc1. The van der Waals surface area contributed by atoms with Gasteiger partial charge in [-0.1, -0.05) is 194 Å².